The Kier molecular flexibility index (Phi) is 5.00. The van der Waals surface area contributed by atoms with Crippen molar-refractivity contribution in [3.8, 4) is 5.75 Å². The lowest BCUT2D eigenvalue weighted by Crippen LogP contribution is -2.42. The molecule has 1 aliphatic rings. The van der Waals surface area contributed by atoms with E-state index in [9.17, 15) is 9.59 Å². The zero-order valence-corrected chi connectivity index (χ0v) is 12.8. The number of hydrogen-bond donors (Lipinski definition) is 2. The molecule has 2 rings (SSSR count). The first-order valence-electron chi connectivity index (χ1n) is 6.47. The molecule has 20 heavy (non-hydrogen) atoms. The average molecular weight is 341 g/mol. The van der Waals surface area contributed by atoms with E-state index in [4.69, 9.17) is 4.74 Å². The van der Waals surface area contributed by atoms with Gasteiger partial charge in [-0.1, -0.05) is 15.9 Å². The molecular formula is C14H17BrN2O3. The van der Waals surface area contributed by atoms with Crippen molar-refractivity contribution in [3.63, 3.8) is 0 Å². The van der Waals surface area contributed by atoms with E-state index in [-0.39, 0.29) is 17.7 Å². The second kappa shape index (κ2) is 6.74. The molecule has 1 unspecified atom stereocenters. The highest BCUT2D eigenvalue weighted by atomic mass is 79.9. The van der Waals surface area contributed by atoms with Crippen molar-refractivity contribution in [2.45, 2.75) is 19.4 Å². The summed E-state index contributed by atoms with van der Waals surface area (Å²) >= 11 is 3.40. The number of hydrogen-bond acceptors (Lipinski definition) is 3. The van der Waals surface area contributed by atoms with E-state index in [1.807, 2.05) is 18.2 Å². The van der Waals surface area contributed by atoms with E-state index >= 15 is 0 Å². The molecule has 0 saturated carbocycles. The van der Waals surface area contributed by atoms with Gasteiger partial charge in [0.15, 0.2) is 0 Å². The van der Waals surface area contributed by atoms with Gasteiger partial charge in [-0.15, -0.1) is 0 Å². The number of carbonyl (C=O) groups is 2. The largest absolute Gasteiger partial charge is 0.496 e. The summed E-state index contributed by atoms with van der Waals surface area (Å²) in [6.07, 6.45) is 1.02. The summed E-state index contributed by atoms with van der Waals surface area (Å²) in [5.41, 5.74) is 0.912. The van der Waals surface area contributed by atoms with Gasteiger partial charge in [0.2, 0.25) is 11.8 Å². The first-order chi connectivity index (χ1) is 9.60. The fourth-order valence-electron chi connectivity index (χ4n) is 2.17. The third-order valence-electron chi connectivity index (χ3n) is 3.33. The second-order valence-corrected chi connectivity index (χ2v) is 5.63. The number of rotatable bonds is 4. The molecule has 0 spiro atoms. The smallest absolute Gasteiger partial charge is 0.225 e. The number of piperidine rings is 1. The summed E-state index contributed by atoms with van der Waals surface area (Å²) in [7, 11) is 1.60. The third kappa shape index (κ3) is 3.72. The highest BCUT2D eigenvalue weighted by Crippen LogP contribution is 2.23. The highest BCUT2D eigenvalue weighted by Gasteiger charge is 2.24. The van der Waals surface area contributed by atoms with E-state index < -0.39 is 0 Å². The van der Waals surface area contributed by atoms with Crippen LogP contribution < -0.4 is 15.4 Å². The van der Waals surface area contributed by atoms with Gasteiger partial charge in [-0.3, -0.25) is 9.59 Å². The van der Waals surface area contributed by atoms with Crippen LogP contribution in [0, 0.1) is 5.92 Å². The molecule has 0 radical (unpaired) electrons. The van der Waals surface area contributed by atoms with Crippen molar-refractivity contribution in [1.29, 1.82) is 0 Å². The van der Waals surface area contributed by atoms with Crippen molar-refractivity contribution >= 4 is 27.7 Å². The van der Waals surface area contributed by atoms with Crippen LogP contribution in [0.3, 0.4) is 0 Å². The van der Waals surface area contributed by atoms with Crippen LogP contribution in [0.4, 0.5) is 0 Å². The van der Waals surface area contributed by atoms with Gasteiger partial charge in [-0.25, -0.2) is 0 Å². The third-order valence-corrected chi connectivity index (χ3v) is 3.83. The van der Waals surface area contributed by atoms with Crippen LogP contribution in [0.5, 0.6) is 5.75 Å². The Bertz CT molecular complexity index is 509. The van der Waals surface area contributed by atoms with Crippen molar-refractivity contribution in [1.82, 2.24) is 10.6 Å². The minimum atomic E-state index is -0.147. The predicted octanol–water partition coefficient (Wildman–Crippen LogP) is 1.60. The Hall–Kier alpha value is -1.56. The molecule has 1 saturated heterocycles. The monoisotopic (exact) mass is 340 g/mol. The highest BCUT2D eigenvalue weighted by molar-refractivity contribution is 9.10. The molecule has 6 heteroatoms. The number of halogens is 1. The minimum absolute atomic E-state index is 0.0164. The van der Waals surface area contributed by atoms with Gasteiger partial charge in [0, 0.05) is 29.5 Å². The van der Waals surface area contributed by atoms with Crippen LogP contribution in [0.2, 0.25) is 0 Å². The molecule has 2 amide bonds. The van der Waals surface area contributed by atoms with E-state index in [0.29, 0.717) is 25.9 Å². The van der Waals surface area contributed by atoms with Crippen molar-refractivity contribution in [2.75, 3.05) is 13.7 Å². The van der Waals surface area contributed by atoms with Gasteiger partial charge < -0.3 is 15.4 Å². The van der Waals surface area contributed by atoms with Gasteiger partial charge in [0.05, 0.1) is 13.0 Å². The fraction of sp³-hybridized carbons (Fsp3) is 0.429. The van der Waals surface area contributed by atoms with Gasteiger partial charge >= 0.3 is 0 Å². The maximum absolute atomic E-state index is 12.0. The predicted molar refractivity (Wildman–Crippen MR) is 78.3 cm³/mol. The van der Waals surface area contributed by atoms with Gasteiger partial charge in [0.25, 0.3) is 0 Å². The number of nitrogens with one attached hydrogen (secondary N) is 2. The van der Waals surface area contributed by atoms with Crippen LogP contribution in [0.25, 0.3) is 0 Å². The van der Waals surface area contributed by atoms with Gasteiger partial charge in [-0.05, 0) is 24.6 Å². The van der Waals surface area contributed by atoms with Crippen molar-refractivity contribution < 1.29 is 14.3 Å². The minimum Gasteiger partial charge on any atom is -0.496 e. The van der Waals surface area contributed by atoms with E-state index in [2.05, 4.69) is 26.6 Å². The topological polar surface area (TPSA) is 67.4 Å². The van der Waals surface area contributed by atoms with Crippen LogP contribution >= 0.6 is 15.9 Å². The number of carbonyl (C=O) groups excluding carboxylic acids is 2. The molecule has 1 aromatic rings. The number of ether oxygens (including phenoxy) is 1. The van der Waals surface area contributed by atoms with Crippen molar-refractivity contribution in [3.05, 3.63) is 28.2 Å². The Balaban J connectivity index is 1.93. The summed E-state index contributed by atoms with van der Waals surface area (Å²) in [6.45, 7) is 0.826. The normalized spacial score (nSPS) is 18.3. The molecule has 0 aromatic heterocycles. The molecule has 1 aromatic carbocycles. The lowest BCUT2D eigenvalue weighted by molar-refractivity contribution is -0.129. The average Bonchev–Trinajstić information content (AvgIpc) is 2.45. The summed E-state index contributed by atoms with van der Waals surface area (Å²) in [4.78, 5) is 23.1. The zero-order valence-electron chi connectivity index (χ0n) is 11.2. The Morgan fingerprint density at radius 1 is 1.55 bits per heavy atom. The van der Waals surface area contributed by atoms with Crippen LogP contribution in [-0.4, -0.2) is 25.5 Å². The quantitative estimate of drug-likeness (QED) is 0.874. The number of amides is 2. The number of methoxy groups -OCH3 is 1. The molecule has 1 atom stereocenters. The summed E-state index contributed by atoms with van der Waals surface area (Å²) in [6, 6.07) is 5.66. The molecule has 1 heterocycles. The molecule has 1 fully saturated rings. The molecule has 0 aliphatic carbocycles. The summed E-state index contributed by atoms with van der Waals surface area (Å²) in [5, 5.41) is 5.61. The maximum Gasteiger partial charge on any atom is 0.225 e. The lowest BCUT2D eigenvalue weighted by Gasteiger charge is -2.21. The van der Waals surface area contributed by atoms with Crippen LogP contribution in [-0.2, 0) is 16.1 Å². The lowest BCUT2D eigenvalue weighted by atomic mass is 9.98. The molecule has 5 nitrogen and oxygen atoms in total. The summed E-state index contributed by atoms with van der Waals surface area (Å²) in [5.74, 6) is 0.575. The molecule has 1 aliphatic heterocycles. The molecule has 0 bridgehead atoms. The van der Waals surface area contributed by atoms with Gasteiger partial charge in [0.1, 0.15) is 5.75 Å². The van der Waals surface area contributed by atoms with Crippen molar-refractivity contribution in [2.24, 2.45) is 5.92 Å². The fourth-order valence-corrected chi connectivity index (χ4v) is 2.58. The van der Waals surface area contributed by atoms with Crippen LogP contribution in [0.15, 0.2) is 22.7 Å². The molecule has 2 N–H and O–H groups in total. The zero-order chi connectivity index (χ0) is 14.5. The molecular weight excluding hydrogens is 324 g/mol. The van der Waals surface area contributed by atoms with E-state index in [0.717, 1.165) is 15.8 Å². The number of benzene rings is 1. The van der Waals surface area contributed by atoms with E-state index in [1.165, 1.54) is 0 Å². The Labute approximate surface area is 126 Å². The maximum atomic E-state index is 12.0. The van der Waals surface area contributed by atoms with Crippen LogP contribution in [0.1, 0.15) is 18.4 Å². The SMILES string of the molecule is COc1ccc(Br)cc1CNC(=O)C1CCC(=O)NC1. The van der Waals surface area contributed by atoms with Gasteiger partial charge in [-0.2, -0.15) is 0 Å². The summed E-state index contributed by atoms with van der Waals surface area (Å²) < 4.78 is 6.20. The Morgan fingerprint density at radius 3 is 3.00 bits per heavy atom. The first-order valence-corrected chi connectivity index (χ1v) is 7.26. The Morgan fingerprint density at radius 2 is 2.35 bits per heavy atom. The molecule has 108 valence electrons. The second-order valence-electron chi connectivity index (χ2n) is 4.71. The van der Waals surface area contributed by atoms with E-state index in [1.54, 1.807) is 7.11 Å². The standard InChI is InChI=1S/C14H17BrN2O3/c1-20-12-4-3-11(15)6-10(12)8-17-14(19)9-2-5-13(18)16-7-9/h3-4,6,9H,2,5,7-8H2,1H3,(H,16,18)(H,17,19). The first kappa shape index (κ1) is 14.8.